The monoisotopic (exact) mass is 264 g/mol. The third-order valence-electron chi connectivity index (χ3n) is 3.40. The summed E-state index contributed by atoms with van der Waals surface area (Å²) in [4.78, 5) is 12.1. The molecule has 0 saturated carbocycles. The van der Waals surface area contributed by atoms with Gasteiger partial charge in [-0.15, -0.1) is 5.10 Å². The van der Waals surface area contributed by atoms with Crippen LogP contribution in [0.5, 0.6) is 0 Å². The van der Waals surface area contributed by atoms with Crippen LogP contribution in [-0.2, 0) is 13.6 Å². The third kappa shape index (κ3) is 2.81. The van der Waals surface area contributed by atoms with Crippen LogP contribution >= 0.6 is 0 Å². The molecule has 19 heavy (non-hydrogen) atoms. The van der Waals surface area contributed by atoms with Crippen molar-refractivity contribution in [2.45, 2.75) is 33.2 Å². The molecular formula is C12H20N6O. The van der Waals surface area contributed by atoms with Crippen molar-refractivity contribution in [3.8, 4) is 0 Å². The van der Waals surface area contributed by atoms with Crippen LogP contribution in [0.2, 0.25) is 0 Å². The van der Waals surface area contributed by atoms with Crippen LogP contribution in [0.25, 0.3) is 11.0 Å². The highest BCUT2D eigenvalue weighted by Gasteiger charge is 2.15. The van der Waals surface area contributed by atoms with Crippen molar-refractivity contribution in [3.05, 3.63) is 16.6 Å². The van der Waals surface area contributed by atoms with Crippen molar-refractivity contribution >= 4 is 11.0 Å². The minimum absolute atomic E-state index is 0.0927. The largest absolute Gasteiger partial charge is 0.330 e. The Morgan fingerprint density at radius 3 is 2.84 bits per heavy atom. The van der Waals surface area contributed by atoms with Gasteiger partial charge in [0.25, 0.3) is 5.56 Å². The molecule has 104 valence electrons. The van der Waals surface area contributed by atoms with Gasteiger partial charge in [0.2, 0.25) is 0 Å². The van der Waals surface area contributed by atoms with Gasteiger partial charge in [-0.25, -0.2) is 9.36 Å². The molecule has 2 heterocycles. The van der Waals surface area contributed by atoms with Gasteiger partial charge in [-0.05, 0) is 24.8 Å². The van der Waals surface area contributed by atoms with E-state index in [0.29, 0.717) is 24.1 Å². The van der Waals surface area contributed by atoms with Crippen molar-refractivity contribution in [1.82, 2.24) is 24.8 Å². The molecule has 0 aliphatic rings. The first-order valence-corrected chi connectivity index (χ1v) is 6.40. The average molecular weight is 264 g/mol. The van der Waals surface area contributed by atoms with Crippen molar-refractivity contribution in [2.75, 3.05) is 6.54 Å². The fourth-order valence-corrected chi connectivity index (χ4v) is 1.93. The SMILES string of the molecule is Cn1ncc2c(=O)n(CCCC(C)(C)CN)nnc21. The number of aromatic nitrogens is 5. The Bertz CT molecular complexity index is 627. The quantitative estimate of drug-likeness (QED) is 0.838. The van der Waals surface area contributed by atoms with E-state index in [1.165, 1.54) is 10.9 Å². The summed E-state index contributed by atoms with van der Waals surface area (Å²) in [7, 11) is 1.74. The standard InChI is InChI=1S/C12H20N6O/c1-12(2,8-13)5-4-6-18-11(19)9-7-14-17(3)10(9)15-16-18/h7H,4-6,8,13H2,1-3H3. The lowest BCUT2D eigenvalue weighted by molar-refractivity contribution is 0.321. The fourth-order valence-electron chi connectivity index (χ4n) is 1.93. The maximum atomic E-state index is 12.1. The minimum Gasteiger partial charge on any atom is -0.330 e. The fraction of sp³-hybridized carbons (Fsp3) is 0.667. The number of nitrogens with two attached hydrogens (primary N) is 1. The number of fused-ring (bicyclic) bond motifs is 1. The first kappa shape index (κ1) is 13.7. The van der Waals surface area contributed by atoms with Crippen LogP contribution in [0.3, 0.4) is 0 Å². The average Bonchev–Trinajstić information content (AvgIpc) is 2.75. The Balaban J connectivity index is 2.14. The molecule has 7 nitrogen and oxygen atoms in total. The van der Waals surface area contributed by atoms with Crippen LogP contribution in [0, 0.1) is 5.41 Å². The summed E-state index contributed by atoms with van der Waals surface area (Å²) in [6.45, 7) is 5.42. The molecule has 0 amide bonds. The number of aryl methyl sites for hydroxylation is 2. The predicted molar refractivity (Wildman–Crippen MR) is 72.6 cm³/mol. The van der Waals surface area contributed by atoms with Crippen LogP contribution in [0.15, 0.2) is 11.0 Å². The smallest absolute Gasteiger partial charge is 0.280 e. The highest BCUT2D eigenvalue weighted by atomic mass is 16.1. The van der Waals surface area contributed by atoms with Gasteiger partial charge < -0.3 is 5.73 Å². The Morgan fingerprint density at radius 1 is 1.42 bits per heavy atom. The Hall–Kier alpha value is -1.76. The summed E-state index contributed by atoms with van der Waals surface area (Å²) >= 11 is 0. The van der Waals surface area contributed by atoms with Gasteiger partial charge in [0.05, 0.1) is 6.20 Å². The third-order valence-corrected chi connectivity index (χ3v) is 3.40. The van der Waals surface area contributed by atoms with Gasteiger partial charge >= 0.3 is 0 Å². The first-order valence-electron chi connectivity index (χ1n) is 6.40. The van der Waals surface area contributed by atoms with E-state index in [4.69, 9.17) is 5.73 Å². The molecule has 0 unspecified atom stereocenters. The van der Waals surface area contributed by atoms with E-state index >= 15 is 0 Å². The lowest BCUT2D eigenvalue weighted by atomic mass is 9.88. The lowest BCUT2D eigenvalue weighted by Gasteiger charge is -2.21. The number of rotatable bonds is 5. The van der Waals surface area contributed by atoms with E-state index < -0.39 is 0 Å². The molecule has 2 rings (SSSR count). The van der Waals surface area contributed by atoms with E-state index in [1.807, 2.05) is 0 Å². The summed E-state index contributed by atoms with van der Waals surface area (Å²) in [6.07, 6.45) is 3.33. The van der Waals surface area contributed by atoms with Crippen molar-refractivity contribution in [3.63, 3.8) is 0 Å². The zero-order valence-electron chi connectivity index (χ0n) is 11.6. The van der Waals surface area contributed by atoms with Crippen molar-refractivity contribution < 1.29 is 0 Å². The van der Waals surface area contributed by atoms with Crippen LogP contribution in [0.1, 0.15) is 26.7 Å². The van der Waals surface area contributed by atoms with E-state index in [-0.39, 0.29) is 11.0 Å². The van der Waals surface area contributed by atoms with Gasteiger partial charge in [-0.1, -0.05) is 19.1 Å². The van der Waals surface area contributed by atoms with Crippen LogP contribution < -0.4 is 11.3 Å². The summed E-state index contributed by atoms with van der Waals surface area (Å²) in [5, 5.41) is 12.5. The molecule has 7 heteroatoms. The summed E-state index contributed by atoms with van der Waals surface area (Å²) in [6, 6.07) is 0. The van der Waals surface area contributed by atoms with Gasteiger partial charge in [0.15, 0.2) is 5.65 Å². The van der Waals surface area contributed by atoms with Crippen LogP contribution in [0.4, 0.5) is 0 Å². The maximum absolute atomic E-state index is 12.1. The topological polar surface area (TPSA) is 91.6 Å². The summed E-state index contributed by atoms with van der Waals surface area (Å²) in [5.74, 6) is 0. The predicted octanol–water partition coefficient (Wildman–Crippen LogP) is 0.290. The summed E-state index contributed by atoms with van der Waals surface area (Å²) < 4.78 is 2.95. The number of hydrogen-bond donors (Lipinski definition) is 1. The molecule has 2 N–H and O–H groups in total. The highest BCUT2D eigenvalue weighted by molar-refractivity contribution is 5.72. The van der Waals surface area contributed by atoms with Crippen molar-refractivity contribution in [2.24, 2.45) is 18.2 Å². The zero-order valence-corrected chi connectivity index (χ0v) is 11.6. The van der Waals surface area contributed by atoms with Gasteiger partial charge in [-0.2, -0.15) is 5.10 Å². The van der Waals surface area contributed by atoms with E-state index in [2.05, 4.69) is 29.3 Å². The molecule has 0 bridgehead atoms. The molecule has 0 radical (unpaired) electrons. The molecule has 0 saturated heterocycles. The van der Waals surface area contributed by atoms with E-state index in [9.17, 15) is 4.79 Å². The second-order valence-corrected chi connectivity index (χ2v) is 5.60. The molecule has 0 aliphatic heterocycles. The number of hydrogen-bond acceptors (Lipinski definition) is 5. The second kappa shape index (κ2) is 5.08. The van der Waals surface area contributed by atoms with Crippen molar-refractivity contribution in [1.29, 1.82) is 0 Å². The molecule has 0 fully saturated rings. The molecule has 2 aromatic heterocycles. The second-order valence-electron chi connectivity index (χ2n) is 5.60. The normalized spacial score (nSPS) is 12.2. The zero-order chi connectivity index (χ0) is 14.0. The Labute approximate surface area is 111 Å². The highest BCUT2D eigenvalue weighted by Crippen LogP contribution is 2.20. The van der Waals surface area contributed by atoms with E-state index in [0.717, 1.165) is 12.8 Å². The van der Waals surface area contributed by atoms with E-state index in [1.54, 1.807) is 11.7 Å². The molecule has 0 atom stereocenters. The molecule has 0 aliphatic carbocycles. The van der Waals surface area contributed by atoms with Gasteiger partial charge in [-0.3, -0.25) is 4.79 Å². The number of nitrogens with zero attached hydrogens (tertiary/aromatic N) is 5. The Kier molecular flexibility index (Phi) is 3.66. The first-order chi connectivity index (χ1) is 8.94. The molecule has 0 spiro atoms. The van der Waals surface area contributed by atoms with Gasteiger partial charge in [0.1, 0.15) is 5.39 Å². The molecule has 0 aromatic carbocycles. The van der Waals surface area contributed by atoms with Crippen LogP contribution in [-0.4, -0.2) is 31.3 Å². The minimum atomic E-state index is -0.136. The summed E-state index contributed by atoms with van der Waals surface area (Å²) in [5.41, 5.74) is 6.16. The van der Waals surface area contributed by atoms with Gasteiger partial charge in [0, 0.05) is 13.6 Å². The maximum Gasteiger partial charge on any atom is 0.280 e. The molecular weight excluding hydrogens is 244 g/mol. The molecule has 2 aromatic rings. The Morgan fingerprint density at radius 2 is 2.16 bits per heavy atom. The lowest BCUT2D eigenvalue weighted by Crippen LogP contribution is -2.27.